The highest BCUT2D eigenvalue weighted by Crippen LogP contribution is 2.25. The molecule has 2 rings (SSSR count). The minimum atomic E-state index is -3.80. The van der Waals surface area contributed by atoms with Crippen molar-refractivity contribution in [3.05, 3.63) is 29.0 Å². The second-order valence-electron chi connectivity index (χ2n) is 4.21. The van der Waals surface area contributed by atoms with Gasteiger partial charge in [-0.2, -0.15) is 4.31 Å². The minimum absolute atomic E-state index is 0.113. The molecule has 1 saturated heterocycles. The van der Waals surface area contributed by atoms with E-state index in [-0.39, 0.29) is 16.0 Å². The zero-order valence-electron chi connectivity index (χ0n) is 9.86. The van der Waals surface area contributed by atoms with Crippen molar-refractivity contribution >= 4 is 21.6 Å². The van der Waals surface area contributed by atoms with Crippen LogP contribution in [0.15, 0.2) is 23.1 Å². The Balaban J connectivity index is 2.34. The highest BCUT2D eigenvalue weighted by Gasteiger charge is 2.33. The lowest BCUT2D eigenvalue weighted by Gasteiger charge is -2.17. The van der Waals surface area contributed by atoms with Gasteiger partial charge in [-0.05, 0) is 31.7 Å². The molecule has 0 aliphatic carbocycles. The largest absolute Gasteiger partial charge is 0.316 e. The van der Waals surface area contributed by atoms with Crippen LogP contribution in [0.5, 0.6) is 0 Å². The molecule has 100 valence electrons. The Hall–Kier alpha value is -0.690. The van der Waals surface area contributed by atoms with Gasteiger partial charge in [-0.1, -0.05) is 11.6 Å². The Kier molecular flexibility index (Phi) is 3.91. The lowest BCUT2D eigenvalue weighted by Crippen LogP contribution is -2.33. The Labute approximate surface area is 111 Å². The molecule has 1 unspecified atom stereocenters. The first-order valence-electron chi connectivity index (χ1n) is 5.57. The van der Waals surface area contributed by atoms with E-state index in [0.29, 0.717) is 13.1 Å². The number of rotatable bonds is 3. The molecule has 1 fully saturated rings. The number of hydrogen-bond acceptors (Lipinski definition) is 3. The Morgan fingerprint density at radius 2 is 2.22 bits per heavy atom. The van der Waals surface area contributed by atoms with Crippen LogP contribution in [-0.2, 0) is 10.0 Å². The third-order valence-corrected chi connectivity index (χ3v) is 5.19. The average Bonchev–Trinajstić information content (AvgIpc) is 2.81. The third kappa shape index (κ3) is 2.51. The number of sulfonamides is 1. The molecule has 0 saturated carbocycles. The summed E-state index contributed by atoms with van der Waals surface area (Å²) in [7, 11) is -2.02. The van der Waals surface area contributed by atoms with E-state index in [4.69, 9.17) is 11.6 Å². The van der Waals surface area contributed by atoms with Gasteiger partial charge in [-0.3, -0.25) is 0 Å². The smallest absolute Gasteiger partial charge is 0.246 e. The maximum atomic E-state index is 13.6. The molecule has 1 N–H and O–H groups in total. The number of likely N-dealkylation sites (N-methyl/N-ethyl adjacent to an activating group) is 1. The first-order valence-corrected chi connectivity index (χ1v) is 7.39. The molecule has 1 aliphatic rings. The van der Waals surface area contributed by atoms with Crippen molar-refractivity contribution < 1.29 is 12.8 Å². The molecule has 18 heavy (non-hydrogen) atoms. The summed E-state index contributed by atoms with van der Waals surface area (Å²) >= 11 is 5.72. The van der Waals surface area contributed by atoms with Gasteiger partial charge in [-0.15, -0.1) is 0 Å². The number of hydrogen-bond donors (Lipinski definition) is 1. The molecule has 1 heterocycles. The van der Waals surface area contributed by atoms with Crippen LogP contribution >= 0.6 is 11.6 Å². The van der Waals surface area contributed by atoms with Crippen LogP contribution in [0, 0.1) is 5.82 Å². The van der Waals surface area contributed by atoms with E-state index < -0.39 is 15.8 Å². The van der Waals surface area contributed by atoms with Crippen molar-refractivity contribution in [2.24, 2.45) is 0 Å². The third-order valence-electron chi connectivity index (χ3n) is 3.07. The highest BCUT2D eigenvalue weighted by molar-refractivity contribution is 7.89. The van der Waals surface area contributed by atoms with Crippen LogP contribution in [0.25, 0.3) is 0 Å². The summed E-state index contributed by atoms with van der Waals surface area (Å²) in [6.45, 7) is 0.741. The number of nitrogens with zero attached hydrogens (tertiary/aromatic N) is 1. The van der Waals surface area contributed by atoms with Crippen LogP contribution in [0.2, 0.25) is 5.02 Å². The van der Waals surface area contributed by atoms with E-state index in [2.05, 4.69) is 5.32 Å². The van der Waals surface area contributed by atoms with E-state index in [0.717, 1.165) is 18.6 Å². The number of nitrogens with one attached hydrogen (secondary N) is 1. The van der Waals surface area contributed by atoms with Gasteiger partial charge >= 0.3 is 0 Å². The standard InChI is InChI=1S/C11H14ClFN2O2S/c1-14-9-4-5-15(7-9)18(16,17)11-6-8(12)2-3-10(11)13/h2-3,6,9,14H,4-5,7H2,1H3. The summed E-state index contributed by atoms with van der Waals surface area (Å²) in [5.41, 5.74) is 0. The SMILES string of the molecule is CNC1CCN(S(=O)(=O)c2cc(Cl)ccc2F)C1. The number of benzene rings is 1. The van der Waals surface area contributed by atoms with E-state index in [1.165, 1.54) is 10.4 Å². The normalized spacial score (nSPS) is 21.4. The molecule has 4 nitrogen and oxygen atoms in total. The van der Waals surface area contributed by atoms with Crippen LogP contribution in [0.3, 0.4) is 0 Å². The summed E-state index contributed by atoms with van der Waals surface area (Å²) in [5.74, 6) is -0.771. The van der Waals surface area contributed by atoms with Gasteiger partial charge in [0.1, 0.15) is 10.7 Å². The maximum absolute atomic E-state index is 13.6. The summed E-state index contributed by atoms with van der Waals surface area (Å²) < 4.78 is 39.4. The van der Waals surface area contributed by atoms with E-state index in [1.54, 1.807) is 7.05 Å². The van der Waals surface area contributed by atoms with Crippen molar-refractivity contribution in [1.82, 2.24) is 9.62 Å². The summed E-state index contributed by atoms with van der Waals surface area (Å²) in [6.07, 6.45) is 0.720. The van der Waals surface area contributed by atoms with Gasteiger partial charge in [0.2, 0.25) is 10.0 Å². The second-order valence-corrected chi connectivity index (χ2v) is 6.55. The Bertz CT molecular complexity index is 550. The molecule has 0 amide bonds. The lowest BCUT2D eigenvalue weighted by atomic mass is 10.3. The van der Waals surface area contributed by atoms with Crippen LogP contribution < -0.4 is 5.32 Å². The zero-order chi connectivity index (χ0) is 13.3. The summed E-state index contributed by atoms with van der Waals surface area (Å²) in [5, 5.41) is 3.23. The fourth-order valence-corrected chi connectivity index (χ4v) is 3.82. The van der Waals surface area contributed by atoms with E-state index in [9.17, 15) is 12.8 Å². The lowest BCUT2D eigenvalue weighted by molar-refractivity contribution is 0.458. The molecule has 1 aromatic rings. The van der Waals surface area contributed by atoms with Gasteiger partial charge in [0.05, 0.1) is 0 Å². The molecule has 0 aromatic heterocycles. The predicted molar refractivity (Wildman–Crippen MR) is 67.6 cm³/mol. The van der Waals surface area contributed by atoms with E-state index >= 15 is 0 Å². The van der Waals surface area contributed by atoms with Crippen molar-refractivity contribution in [3.8, 4) is 0 Å². The molecule has 0 bridgehead atoms. The molecular weight excluding hydrogens is 279 g/mol. The van der Waals surface area contributed by atoms with Gasteiger partial charge in [-0.25, -0.2) is 12.8 Å². The van der Waals surface area contributed by atoms with E-state index in [1.807, 2.05) is 0 Å². The first-order chi connectivity index (χ1) is 8.45. The minimum Gasteiger partial charge on any atom is -0.316 e. The Morgan fingerprint density at radius 3 is 2.83 bits per heavy atom. The maximum Gasteiger partial charge on any atom is 0.246 e. The van der Waals surface area contributed by atoms with Gasteiger partial charge in [0, 0.05) is 24.2 Å². The van der Waals surface area contributed by atoms with Crippen molar-refractivity contribution in [3.63, 3.8) is 0 Å². The fraction of sp³-hybridized carbons (Fsp3) is 0.455. The second kappa shape index (κ2) is 5.13. The summed E-state index contributed by atoms with van der Waals surface area (Å²) in [6, 6.07) is 3.66. The Morgan fingerprint density at radius 1 is 1.50 bits per heavy atom. The van der Waals surface area contributed by atoms with Crippen molar-refractivity contribution in [2.45, 2.75) is 17.4 Å². The quantitative estimate of drug-likeness (QED) is 0.918. The molecular formula is C11H14ClFN2O2S. The fourth-order valence-electron chi connectivity index (χ4n) is 2.00. The zero-order valence-corrected chi connectivity index (χ0v) is 11.4. The van der Waals surface area contributed by atoms with Gasteiger partial charge < -0.3 is 5.32 Å². The van der Waals surface area contributed by atoms with Gasteiger partial charge in [0.15, 0.2) is 0 Å². The van der Waals surface area contributed by atoms with Crippen molar-refractivity contribution in [1.29, 1.82) is 0 Å². The summed E-state index contributed by atoms with van der Waals surface area (Å²) in [4.78, 5) is -0.355. The predicted octanol–water partition coefficient (Wildman–Crippen LogP) is 1.46. The molecule has 7 heteroatoms. The van der Waals surface area contributed by atoms with Crippen LogP contribution in [-0.4, -0.2) is 38.9 Å². The number of halogens is 2. The van der Waals surface area contributed by atoms with Crippen molar-refractivity contribution in [2.75, 3.05) is 20.1 Å². The topological polar surface area (TPSA) is 49.4 Å². The molecule has 1 aromatic carbocycles. The van der Waals surface area contributed by atoms with Crippen LogP contribution in [0.4, 0.5) is 4.39 Å². The molecule has 0 spiro atoms. The van der Waals surface area contributed by atoms with Gasteiger partial charge in [0.25, 0.3) is 0 Å². The monoisotopic (exact) mass is 292 g/mol. The molecule has 0 radical (unpaired) electrons. The highest BCUT2D eigenvalue weighted by atomic mass is 35.5. The first kappa shape index (κ1) is 13.7. The molecule has 1 aliphatic heterocycles. The average molecular weight is 293 g/mol. The molecule has 1 atom stereocenters. The van der Waals surface area contributed by atoms with Crippen LogP contribution in [0.1, 0.15) is 6.42 Å².